The van der Waals surface area contributed by atoms with Crippen molar-refractivity contribution in [3.63, 3.8) is 0 Å². The summed E-state index contributed by atoms with van der Waals surface area (Å²) in [7, 11) is -2.14. The van der Waals surface area contributed by atoms with E-state index < -0.39 is 33.6 Å². The van der Waals surface area contributed by atoms with Gasteiger partial charge in [-0.2, -0.15) is 0 Å². The maximum absolute atomic E-state index is 12.9. The van der Waals surface area contributed by atoms with Crippen LogP contribution in [-0.2, 0) is 20.5 Å². The molecule has 0 heterocycles. The molecule has 0 fully saturated rings. The van der Waals surface area contributed by atoms with Crippen LogP contribution in [0.25, 0.3) is 0 Å². The highest BCUT2D eigenvalue weighted by molar-refractivity contribution is 7.88. The molecule has 0 spiro atoms. The number of alkyl carbamates (subject to hydrolysis) is 1. The number of nitrogens with one attached hydrogen (secondary N) is 1. The van der Waals surface area contributed by atoms with Gasteiger partial charge in [-0.15, -0.1) is 0 Å². The van der Waals surface area contributed by atoms with E-state index in [2.05, 4.69) is 5.32 Å². The number of nitrogens with zero attached hydrogens (tertiary/aromatic N) is 1. The van der Waals surface area contributed by atoms with E-state index in [4.69, 9.17) is 4.74 Å². The van der Waals surface area contributed by atoms with Gasteiger partial charge in [0.25, 0.3) is 0 Å². The smallest absolute Gasteiger partial charge is 0.407 e. The van der Waals surface area contributed by atoms with Gasteiger partial charge in [0, 0.05) is 19.6 Å². The number of likely N-dealkylation sites (N-methyl/N-ethyl adjacent to an activating group) is 1. The lowest BCUT2D eigenvalue weighted by atomic mass is 10.2. The van der Waals surface area contributed by atoms with E-state index >= 15 is 0 Å². The molecule has 0 saturated heterocycles. The van der Waals surface area contributed by atoms with Gasteiger partial charge in [-0.05, 0) is 45.4 Å². The summed E-state index contributed by atoms with van der Waals surface area (Å²) in [5.41, 5.74) is -0.124. The molecular formula is C16H25FN2O4S. The summed E-state index contributed by atoms with van der Waals surface area (Å²) in [5, 5.41) is 2.59. The molecule has 1 aromatic rings. The average molecular weight is 360 g/mol. The van der Waals surface area contributed by atoms with E-state index in [9.17, 15) is 17.6 Å². The first-order valence-corrected chi connectivity index (χ1v) is 9.18. The number of amides is 1. The maximum atomic E-state index is 12.9. The fourth-order valence-corrected chi connectivity index (χ4v) is 3.24. The number of carbonyl (C=O) groups is 1. The molecule has 6 nitrogen and oxygen atoms in total. The second-order valence-electron chi connectivity index (χ2n) is 6.71. The van der Waals surface area contributed by atoms with Gasteiger partial charge in [0.15, 0.2) is 0 Å². The molecule has 1 atom stereocenters. The van der Waals surface area contributed by atoms with Crippen molar-refractivity contribution >= 4 is 16.1 Å². The number of carbonyl (C=O) groups excluding carboxylic acids is 1. The van der Waals surface area contributed by atoms with Crippen molar-refractivity contribution in [2.45, 2.75) is 45.1 Å². The Kier molecular flexibility index (Phi) is 6.74. The normalized spacial score (nSPS) is 13.6. The van der Waals surface area contributed by atoms with Crippen LogP contribution in [0.1, 0.15) is 33.3 Å². The summed E-state index contributed by atoms with van der Waals surface area (Å²) in [6.45, 7) is 7.03. The minimum Gasteiger partial charge on any atom is -0.444 e. The molecule has 0 radical (unpaired) electrons. The van der Waals surface area contributed by atoms with Crippen LogP contribution in [0.3, 0.4) is 0 Å². The number of benzene rings is 1. The second-order valence-corrected chi connectivity index (χ2v) is 8.79. The first-order valence-electron chi connectivity index (χ1n) is 7.57. The van der Waals surface area contributed by atoms with E-state index in [0.717, 1.165) is 0 Å². The minimum absolute atomic E-state index is 0.1000. The van der Waals surface area contributed by atoms with Crippen LogP contribution in [0.5, 0.6) is 0 Å². The number of hydrogen-bond acceptors (Lipinski definition) is 4. The Morgan fingerprint density at radius 2 is 1.83 bits per heavy atom. The van der Waals surface area contributed by atoms with Gasteiger partial charge in [-0.25, -0.2) is 21.9 Å². The van der Waals surface area contributed by atoms with Gasteiger partial charge in [0.1, 0.15) is 11.4 Å². The Morgan fingerprint density at radius 3 is 2.33 bits per heavy atom. The van der Waals surface area contributed by atoms with Crippen LogP contribution in [-0.4, -0.2) is 44.1 Å². The minimum atomic E-state index is -3.57. The Balaban J connectivity index is 2.60. The molecule has 8 heteroatoms. The Bertz CT molecular complexity index is 654. The first kappa shape index (κ1) is 20.4. The van der Waals surface area contributed by atoms with Crippen molar-refractivity contribution in [2.24, 2.45) is 0 Å². The molecule has 0 aliphatic rings. The molecule has 1 aromatic carbocycles. The SMILES string of the molecule is C[C@@H](CN(C)S(=O)(=O)Cc1ccc(F)cc1)NC(=O)OC(C)(C)C. The lowest BCUT2D eigenvalue weighted by Crippen LogP contribution is -2.44. The van der Waals surface area contributed by atoms with Gasteiger partial charge in [-0.3, -0.25) is 0 Å². The van der Waals surface area contributed by atoms with Gasteiger partial charge < -0.3 is 10.1 Å². The average Bonchev–Trinajstić information content (AvgIpc) is 2.38. The van der Waals surface area contributed by atoms with Gasteiger partial charge in [0.05, 0.1) is 5.75 Å². The number of sulfonamides is 1. The topological polar surface area (TPSA) is 75.7 Å². The van der Waals surface area contributed by atoms with E-state index in [1.807, 2.05) is 0 Å². The molecule has 1 amide bonds. The molecule has 1 rings (SSSR count). The van der Waals surface area contributed by atoms with Crippen molar-refractivity contribution in [3.05, 3.63) is 35.6 Å². The van der Waals surface area contributed by atoms with Crippen LogP contribution in [0.2, 0.25) is 0 Å². The van der Waals surface area contributed by atoms with Crippen LogP contribution >= 0.6 is 0 Å². The highest BCUT2D eigenvalue weighted by Crippen LogP contribution is 2.11. The number of hydrogen-bond donors (Lipinski definition) is 1. The standard InChI is InChI=1S/C16H25FN2O4S/c1-12(18-15(20)23-16(2,3)4)10-19(5)24(21,22)11-13-6-8-14(17)9-7-13/h6-9,12H,10-11H2,1-5H3,(H,18,20)/t12-/m0/s1. The fourth-order valence-electron chi connectivity index (χ4n) is 1.96. The van der Waals surface area contributed by atoms with Crippen molar-refractivity contribution in [1.82, 2.24) is 9.62 Å². The zero-order valence-corrected chi connectivity index (χ0v) is 15.5. The van der Waals surface area contributed by atoms with Crippen LogP contribution in [0.15, 0.2) is 24.3 Å². The van der Waals surface area contributed by atoms with E-state index in [1.165, 1.54) is 35.6 Å². The Hall–Kier alpha value is -1.67. The summed E-state index contributed by atoms with van der Waals surface area (Å²) in [4.78, 5) is 11.7. The highest BCUT2D eigenvalue weighted by atomic mass is 32.2. The number of halogens is 1. The van der Waals surface area contributed by atoms with Crippen LogP contribution in [0, 0.1) is 5.82 Å². The van der Waals surface area contributed by atoms with E-state index in [0.29, 0.717) is 5.56 Å². The van der Waals surface area contributed by atoms with Gasteiger partial charge >= 0.3 is 6.09 Å². The third kappa shape index (κ3) is 7.27. The summed E-state index contributed by atoms with van der Waals surface area (Å²) < 4.78 is 43.8. The zero-order chi connectivity index (χ0) is 18.5. The molecule has 24 heavy (non-hydrogen) atoms. The monoisotopic (exact) mass is 360 g/mol. The largest absolute Gasteiger partial charge is 0.444 e. The quantitative estimate of drug-likeness (QED) is 0.846. The molecule has 0 bridgehead atoms. The predicted octanol–water partition coefficient (Wildman–Crippen LogP) is 2.50. The van der Waals surface area contributed by atoms with E-state index in [1.54, 1.807) is 27.7 Å². The molecule has 0 aliphatic heterocycles. The summed E-state index contributed by atoms with van der Waals surface area (Å²) in [6.07, 6.45) is -0.598. The van der Waals surface area contributed by atoms with Crippen molar-refractivity contribution in [2.75, 3.05) is 13.6 Å². The van der Waals surface area contributed by atoms with Gasteiger partial charge in [-0.1, -0.05) is 12.1 Å². The zero-order valence-electron chi connectivity index (χ0n) is 14.7. The molecule has 136 valence electrons. The van der Waals surface area contributed by atoms with Crippen molar-refractivity contribution < 1.29 is 22.3 Å². The highest BCUT2D eigenvalue weighted by Gasteiger charge is 2.23. The lowest BCUT2D eigenvalue weighted by molar-refractivity contribution is 0.0504. The van der Waals surface area contributed by atoms with E-state index in [-0.39, 0.29) is 12.3 Å². The molecule has 0 aromatic heterocycles. The maximum Gasteiger partial charge on any atom is 0.407 e. The van der Waals surface area contributed by atoms with Crippen LogP contribution in [0.4, 0.5) is 9.18 Å². The summed E-state index contributed by atoms with van der Waals surface area (Å²) in [6, 6.07) is 4.88. The summed E-state index contributed by atoms with van der Waals surface area (Å²) in [5.74, 6) is -0.650. The predicted molar refractivity (Wildman–Crippen MR) is 90.5 cm³/mol. The first-order chi connectivity index (χ1) is 10.9. The lowest BCUT2D eigenvalue weighted by Gasteiger charge is -2.24. The second kappa shape index (κ2) is 7.94. The van der Waals surface area contributed by atoms with Crippen LogP contribution < -0.4 is 5.32 Å². The number of rotatable bonds is 6. The third-order valence-corrected chi connectivity index (χ3v) is 4.83. The fraction of sp³-hybridized carbons (Fsp3) is 0.562. The molecule has 1 N–H and O–H groups in total. The van der Waals surface area contributed by atoms with Gasteiger partial charge in [0.2, 0.25) is 10.0 Å². The van der Waals surface area contributed by atoms with Crippen molar-refractivity contribution in [3.8, 4) is 0 Å². The number of ether oxygens (including phenoxy) is 1. The molecule has 0 saturated carbocycles. The molecule has 0 aliphatic carbocycles. The molecule has 0 unspecified atom stereocenters. The Labute approximate surface area is 143 Å². The van der Waals surface area contributed by atoms with Crippen molar-refractivity contribution in [1.29, 1.82) is 0 Å². The Morgan fingerprint density at radius 1 is 1.29 bits per heavy atom. The molecular weight excluding hydrogens is 335 g/mol. The third-order valence-electron chi connectivity index (χ3n) is 3.03. The summed E-state index contributed by atoms with van der Waals surface area (Å²) >= 11 is 0.